The monoisotopic (exact) mass is 303 g/mol. The van der Waals surface area contributed by atoms with Gasteiger partial charge in [0.25, 0.3) is 5.91 Å². The van der Waals surface area contributed by atoms with E-state index in [2.05, 4.69) is 21.2 Å². The third-order valence-corrected chi connectivity index (χ3v) is 2.87. The van der Waals surface area contributed by atoms with Gasteiger partial charge in [0, 0.05) is 17.4 Å². The highest BCUT2D eigenvalue weighted by molar-refractivity contribution is 9.09. The number of ether oxygens (including phenoxy) is 1. The molecule has 0 aliphatic heterocycles. The summed E-state index contributed by atoms with van der Waals surface area (Å²) < 4.78 is 10.7. The van der Waals surface area contributed by atoms with Crippen LogP contribution in [0.25, 0.3) is 0 Å². The fourth-order valence-electron chi connectivity index (χ4n) is 1.61. The minimum Gasteiger partial charge on any atom is -0.466 e. The summed E-state index contributed by atoms with van der Waals surface area (Å²) in [7, 11) is 0. The maximum absolute atomic E-state index is 11.9. The van der Waals surface area contributed by atoms with Gasteiger partial charge in [0.2, 0.25) is 0 Å². The van der Waals surface area contributed by atoms with Crippen molar-refractivity contribution >= 4 is 21.8 Å². The number of carbonyl (C=O) groups is 1. The second-order valence-corrected chi connectivity index (χ2v) is 4.56. The SMILES string of the molecule is Cc1oc(C)c(C(=O)NCCOCCBr)c1C. The highest BCUT2D eigenvalue weighted by atomic mass is 79.9. The first-order valence-corrected chi connectivity index (χ1v) is 6.68. The van der Waals surface area contributed by atoms with E-state index in [4.69, 9.17) is 9.15 Å². The zero-order chi connectivity index (χ0) is 12.8. The van der Waals surface area contributed by atoms with Gasteiger partial charge in [-0.1, -0.05) is 15.9 Å². The van der Waals surface area contributed by atoms with Crippen LogP contribution in [0.4, 0.5) is 0 Å². The topological polar surface area (TPSA) is 51.5 Å². The lowest BCUT2D eigenvalue weighted by molar-refractivity contribution is 0.0922. The number of hydrogen-bond donors (Lipinski definition) is 1. The Hall–Kier alpha value is -0.810. The summed E-state index contributed by atoms with van der Waals surface area (Å²) >= 11 is 3.26. The van der Waals surface area contributed by atoms with Crippen LogP contribution in [0.5, 0.6) is 0 Å². The third kappa shape index (κ3) is 3.85. The van der Waals surface area contributed by atoms with Crippen molar-refractivity contribution in [3.63, 3.8) is 0 Å². The number of halogens is 1. The van der Waals surface area contributed by atoms with Gasteiger partial charge in [-0.05, 0) is 20.8 Å². The van der Waals surface area contributed by atoms with Crippen LogP contribution < -0.4 is 5.32 Å². The predicted molar refractivity (Wildman–Crippen MR) is 69.9 cm³/mol. The lowest BCUT2D eigenvalue weighted by Crippen LogP contribution is -2.28. The first-order valence-electron chi connectivity index (χ1n) is 5.56. The van der Waals surface area contributed by atoms with Gasteiger partial charge in [-0.2, -0.15) is 0 Å². The Morgan fingerprint density at radius 1 is 1.29 bits per heavy atom. The van der Waals surface area contributed by atoms with Crippen molar-refractivity contribution < 1.29 is 13.9 Å². The molecular weight excluding hydrogens is 286 g/mol. The molecule has 0 aliphatic rings. The van der Waals surface area contributed by atoms with Gasteiger partial charge in [0.15, 0.2) is 0 Å². The van der Waals surface area contributed by atoms with Crippen LogP contribution in [0.1, 0.15) is 27.4 Å². The van der Waals surface area contributed by atoms with Crippen molar-refractivity contribution in [3.05, 3.63) is 22.6 Å². The molecule has 0 fully saturated rings. The van der Waals surface area contributed by atoms with Gasteiger partial charge in [-0.15, -0.1) is 0 Å². The van der Waals surface area contributed by atoms with Crippen molar-refractivity contribution in [2.75, 3.05) is 25.1 Å². The molecule has 1 rings (SSSR count). The Labute approximate surface area is 110 Å². The third-order valence-electron chi connectivity index (χ3n) is 2.54. The van der Waals surface area contributed by atoms with Gasteiger partial charge in [-0.3, -0.25) is 4.79 Å². The summed E-state index contributed by atoms with van der Waals surface area (Å²) in [5.41, 5.74) is 1.55. The Bertz CT molecular complexity index is 387. The molecule has 1 aromatic rings. The van der Waals surface area contributed by atoms with Crippen molar-refractivity contribution in [2.24, 2.45) is 0 Å². The van der Waals surface area contributed by atoms with Crippen LogP contribution in [0, 0.1) is 20.8 Å². The molecule has 96 valence electrons. The first-order chi connectivity index (χ1) is 8.07. The summed E-state index contributed by atoms with van der Waals surface area (Å²) in [6.07, 6.45) is 0. The molecule has 5 heteroatoms. The molecule has 17 heavy (non-hydrogen) atoms. The second kappa shape index (κ2) is 6.81. The number of furan rings is 1. The average molecular weight is 304 g/mol. The Morgan fingerprint density at radius 2 is 2.00 bits per heavy atom. The lowest BCUT2D eigenvalue weighted by atomic mass is 10.1. The highest BCUT2D eigenvalue weighted by Gasteiger charge is 2.17. The van der Waals surface area contributed by atoms with Crippen LogP contribution in [0.15, 0.2) is 4.42 Å². The maximum atomic E-state index is 11.9. The van der Waals surface area contributed by atoms with E-state index in [9.17, 15) is 4.79 Å². The van der Waals surface area contributed by atoms with Crippen molar-refractivity contribution in [1.82, 2.24) is 5.32 Å². The molecule has 0 unspecified atom stereocenters. The number of carbonyl (C=O) groups excluding carboxylic acids is 1. The van der Waals surface area contributed by atoms with E-state index in [-0.39, 0.29) is 5.91 Å². The van der Waals surface area contributed by atoms with Crippen LogP contribution in [0.2, 0.25) is 0 Å². The molecule has 0 saturated heterocycles. The van der Waals surface area contributed by atoms with Crippen LogP contribution >= 0.6 is 15.9 Å². The van der Waals surface area contributed by atoms with Crippen molar-refractivity contribution in [1.29, 1.82) is 0 Å². The molecule has 0 radical (unpaired) electrons. The molecule has 0 aromatic carbocycles. The van der Waals surface area contributed by atoms with E-state index in [0.29, 0.717) is 31.1 Å². The normalized spacial score (nSPS) is 10.6. The molecule has 0 saturated carbocycles. The number of nitrogens with one attached hydrogen (secondary N) is 1. The van der Waals surface area contributed by atoms with Gasteiger partial charge in [-0.25, -0.2) is 0 Å². The lowest BCUT2D eigenvalue weighted by Gasteiger charge is -2.05. The molecule has 1 amide bonds. The summed E-state index contributed by atoms with van der Waals surface area (Å²) in [6, 6.07) is 0. The van der Waals surface area contributed by atoms with E-state index < -0.39 is 0 Å². The van der Waals surface area contributed by atoms with Crippen LogP contribution in [-0.4, -0.2) is 31.0 Å². The van der Waals surface area contributed by atoms with E-state index in [1.807, 2.05) is 13.8 Å². The zero-order valence-corrected chi connectivity index (χ0v) is 12.0. The molecule has 1 N–H and O–H groups in total. The van der Waals surface area contributed by atoms with Crippen molar-refractivity contribution in [2.45, 2.75) is 20.8 Å². The minimum absolute atomic E-state index is 0.0979. The van der Waals surface area contributed by atoms with Gasteiger partial charge >= 0.3 is 0 Å². The second-order valence-electron chi connectivity index (χ2n) is 3.77. The summed E-state index contributed by atoms with van der Waals surface area (Å²) in [4.78, 5) is 11.9. The number of alkyl halides is 1. The molecule has 0 bridgehead atoms. The van der Waals surface area contributed by atoms with Crippen molar-refractivity contribution in [3.8, 4) is 0 Å². The molecule has 1 heterocycles. The van der Waals surface area contributed by atoms with E-state index in [0.717, 1.165) is 16.7 Å². The number of hydrogen-bond acceptors (Lipinski definition) is 3. The number of rotatable bonds is 6. The fourth-order valence-corrected chi connectivity index (χ4v) is 1.84. The predicted octanol–water partition coefficient (Wildman–Crippen LogP) is 2.35. The van der Waals surface area contributed by atoms with E-state index >= 15 is 0 Å². The summed E-state index contributed by atoms with van der Waals surface area (Å²) in [5.74, 6) is 1.36. The molecule has 4 nitrogen and oxygen atoms in total. The molecule has 0 spiro atoms. The van der Waals surface area contributed by atoms with E-state index in [1.54, 1.807) is 6.92 Å². The van der Waals surface area contributed by atoms with E-state index in [1.165, 1.54) is 0 Å². The average Bonchev–Trinajstić information content (AvgIpc) is 2.53. The Balaban J connectivity index is 2.47. The zero-order valence-electron chi connectivity index (χ0n) is 10.4. The smallest absolute Gasteiger partial charge is 0.255 e. The van der Waals surface area contributed by atoms with Crippen LogP contribution in [0.3, 0.4) is 0 Å². The molecular formula is C12H18BrNO3. The Morgan fingerprint density at radius 3 is 2.53 bits per heavy atom. The number of aryl methyl sites for hydroxylation is 2. The first kappa shape index (κ1) is 14.3. The molecule has 1 aromatic heterocycles. The largest absolute Gasteiger partial charge is 0.466 e. The standard InChI is InChI=1S/C12H18BrNO3/c1-8-9(2)17-10(3)11(8)12(15)14-5-7-16-6-4-13/h4-7H2,1-3H3,(H,14,15). The number of amides is 1. The van der Waals surface area contributed by atoms with Crippen LogP contribution in [-0.2, 0) is 4.74 Å². The van der Waals surface area contributed by atoms with Gasteiger partial charge in [0.05, 0.1) is 18.8 Å². The summed E-state index contributed by atoms with van der Waals surface area (Å²) in [5, 5.41) is 3.62. The Kier molecular flexibility index (Phi) is 5.71. The molecule has 0 atom stereocenters. The van der Waals surface area contributed by atoms with Gasteiger partial charge < -0.3 is 14.5 Å². The van der Waals surface area contributed by atoms with Gasteiger partial charge in [0.1, 0.15) is 11.5 Å². The minimum atomic E-state index is -0.0979. The fraction of sp³-hybridized carbons (Fsp3) is 0.583. The quantitative estimate of drug-likeness (QED) is 0.648. The summed E-state index contributed by atoms with van der Waals surface area (Å²) in [6.45, 7) is 7.23. The maximum Gasteiger partial charge on any atom is 0.255 e. The molecule has 0 aliphatic carbocycles. The highest BCUT2D eigenvalue weighted by Crippen LogP contribution is 2.20.